The van der Waals surface area contributed by atoms with Crippen molar-refractivity contribution in [2.24, 2.45) is 0 Å². The SMILES string of the molecule is C=C(C)CCCC1=CC=CCC1. The Morgan fingerprint density at radius 2 is 2.42 bits per heavy atom. The lowest BCUT2D eigenvalue weighted by atomic mass is 9.99. The summed E-state index contributed by atoms with van der Waals surface area (Å²) in [5.74, 6) is 0. The van der Waals surface area contributed by atoms with Crippen molar-refractivity contribution in [3.8, 4) is 0 Å². The quantitative estimate of drug-likeness (QED) is 0.548. The van der Waals surface area contributed by atoms with Gasteiger partial charge in [0.1, 0.15) is 0 Å². The normalized spacial score (nSPS) is 15.9. The predicted molar refractivity (Wildman–Crippen MR) is 55.1 cm³/mol. The smallest absolute Gasteiger partial charge is 0.0282 e. The third-order valence-corrected chi connectivity index (χ3v) is 2.20. The van der Waals surface area contributed by atoms with E-state index in [0.29, 0.717) is 0 Å². The molecule has 0 aliphatic heterocycles. The molecule has 0 amide bonds. The van der Waals surface area contributed by atoms with E-state index in [9.17, 15) is 0 Å². The lowest BCUT2D eigenvalue weighted by Crippen LogP contribution is -1.88. The molecule has 0 aromatic heterocycles. The van der Waals surface area contributed by atoms with Crippen LogP contribution in [0.2, 0.25) is 0 Å². The van der Waals surface area contributed by atoms with E-state index < -0.39 is 0 Å². The molecular weight excluding hydrogens is 144 g/mol. The van der Waals surface area contributed by atoms with E-state index in [1.807, 2.05) is 0 Å². The van der Waals surface area contributed by atoms with Gasteiger partial charge in [-0.15, -0.1) is 6.58 Å². The average Bonchev–Trinajstić information content (AvgIpc) is 2.05. The van der Waals surface area contributed by atoms with Crippen molar-refractivity contribution in [3.05, 3.63) is 36.0 Å². The van der Waals surface area contributed by atoms with Gasteiger partial charge >= 0.3 is 0 Å². The van der Waals surface area contributed by atoms with Crippen LogP contribution in [0.5, 0.6) is 0 Å². The van der Waals surface area contributed by atoms with Gasteiger partial charge < -0.3 is 0 Å². The topological polar surface area (TPSA) is 0 Å². The highest BCUT2D eigenvalue weighted by atomic mass is 14.0. The van der Waals surface area contributed by atoms with Crippen molar-refractivity contribution >= 4 is 0 Å². The highest BCUT2D eigenvalue weighted by Crippen LogP contribution is 2.18. The Hall–Kier alpha value is -0.780. The predicted octanol–water partition coefficient (Wildman–Crippen LogP) is 4.01. The Bertz CT molecular complexity index is 206. The van der Waals surface area contributed by atoms with Gasteiger partial charge in [-0.05, 0) is 39.0 Å². The lowest BCUT2D eigenvalue weighted by Gasteiger charge is -2.08. The molecule has 0 N–H and O–H groups in total. The molecule has 0 saturated heterocycles. The van der Waals surface area contributed by atoms with Crippen molar-refractivity contribution < 1.29 is 0 Å². The lowest BCUT2D eigenvalue weighted by molar-refractivity contribution is 0.763. The maximum Gasteiger partial charge on any atom is -0.0282 e. The van der Waals surface area contributed by atoms with Gasteiger partial charge in [0.05, 0.1) is 0 Å². The molecule has 0 nitrogen and oxygen atoms in total. The first-order chi connectivity index (χ1) is 5.79. The van der Waals surface area contributed by atoms with Crippen LogP contribution in [0.4, 0.5) is 0 Å². The molecule has 0 aromatic carbocycles. The molecule has 0 spiro atoms. The van der Waals surface area contributed by atoms with Crippen LogP contribution >= 0.6 is 0 Å². The van der Waals surface area contributed by atoms with Crippen LogP contribution in [0.3, 0.4) is 0 Å². The molecule has 1 aliphatic rings. The van der Waals surface area contributed by atoms with Gasteiger partial charge in [-0.25, -0.2) is 0 Å². The van der Waals surface area contributed by atoms with Crippen LogP contribution in [0.25, 0.3) is 0 Å². The van der Waals surface area contributed by atoms with Gasteiger partial charge in [0.15, 0.2) is 0 Å². The van der Waals surface area contributed by atoms with Crippen LogP contribution in [-0.4, -0.2) is 0 Å². The van der Waals surface area contributed by atoms with E-state index in [-0.39, 0.29) is 0 Å². The maximum atomic E-state index is 3.90. The van der Waals surface area contributed by atoms with Gasteiger partial charge in [0.25, 0.3) is 0 Å². The molecule has 0 heterocycles. The molecule has 0 bridgehead atoms. The summed E-state index contributed by atoms with van der Waals surface area (Å²) in [7, 11) is 0. The molecule has 66 valence electrons. The Morgan fingerprint density at radius 3 is 3.00 bits per heavy atom. The first-order valence-corrected chi connectivity index (χ1v) is 4.78. The first kappa shape index (κ1) is 9.31. The molecule has 0 radical (unpaired) electrons. The Kier molecular flexibility index (Phi) is 3.86. The fourth-order valence-electron chi connectivity index (χ4n) is 1.48. The molecule has 0 heteroatoms. The number of allylic oxidation sites excluding steroid dienone is 5. The Labute approximate surface area is 75.7 Å². The summed E-state index contributed by atoms with van der Waals surface area (Å²) in [5, 5.41) is 0. The second-order valence-electron chi connectivity index (χ2n) is 3.60. The summed E-state index contributed by atoms with van der Waals surface area (Å²) >= 11 is 0. The summed E-state index contributed by atoms with van der Waals surface area (Å²) in [6.45, 7) is 6.01. The third-order valence-electron chi connectivity index (χ3n) is 2.20. The van der Waals surface area contributed by atoms with Gasteiger partial charge in [-0.2, -0.15) is 0 Å². The van der Waals surface area contributed by atoms with Crippen LogP contribution in [-0.2, 0) is 0 Å². The largest absolute Gasteiger partial charge is 0.100 e. The van der Waals surface area contributed by atoms with E-state index in [0.717, 1.165) is 0 Å². The highest BCUT2D eigenvalue weighted by Gasteiger charge is 1.98. The minimum absolute atomic E-state index is 1.18. The minimum atomic E-state index is 1.18. The Balaban J connectivity index is 2.18. The van der Waals surface area contributed by atoms with E-state index in [1.54, 1.807) is 5.57 Å². The summed E-state index contributed by atoms with van der Waals surface area (Å²) in [5.41, 5.74) is 2.92. The molecule has 0 unspecified atom stereocenters. The van der Waals surface area contributed by atoms with Crippen LogP contribution in [0, 0.1) is 0 Å². The fourth-order valence-corrected chi connectivity index (χ4v) is 1.48. The van der Waals surface area contributed by atoms with Gasteiger partial charge in [0, 0.05) is 0 Å². The molecular formula is C12H18. The molecule has 12 heavy (non-hydrogen) atoms. The van der Waals surface area contributed by atoms with Crippen LogP contribution in [0.15, 0.2) is 36.0 Å². The van der Waals surface area contributed by atoms with E-state index in [1.165, 1.54) is 37.7 Å². The zero-order chi connectivity index (χ0) is 8.81. The summed E-state index contributed by atoms with van der Waals surface area (Å²) in [6, 6.07) is 0. The van der Waals surface area contributed by atoms with Gasteiger partial charge in [-0.3, -0.25) is 0 Å². The number of hydrogen-bond donors (Lipinski definition) is 0. The molecule has 0 atom stereocenters. The van der Waals surface area contributed by atoms with Crippen LogP contribution < -0.4 is 0 Å². The van der Waals surface area contributed by atoms with Crippen molar-refractivity contribution in [2.75, 3.05) is 0 Å². The monoisotopic (exact) mass is 162 g/mol. The minimum Gasteiger partial charge on any atom is -0.100 e. The second kappa shape index (κ2) is 4.97. The van der Waals surface area contributed by atoms with E-state index >= 15 is 0 Å². The molecule has 1 rings (SSSR count). The molecule has 0 aromatic rings. The average molecular weight is 162 g/mol. The highest BCUT2D eigenvalue weighted by molar-refractivity contribution is 5.17. The second-order valence-corrected chi connectivity index (χ2v) is 3.60. The van der Waals surface area contributed by atoms with E-state index in [2.05, 4.69) is 31.7 Å². The summed E-state index contributed by atoms with van der Waals surface area (Å²) in [4.78, 5) is 0. The van der Waals surface area contributed by atoms with Crippen molar-refractivity contribution in [3.63, 3.8) is 0 Å². The van der Waals surface area contributed by atoms with Gasteiger partial charge in [0.2, 0.25) is 0 Å². The fraction of sp³-hybridized carbons (Fsp3) is 0.500. The van der Waals surface area contributed by atoms with Crippen LogP contribution in [0.1, 0.15) is 39.0 Å². The van der Waals surface area contributed by atoms with Gasteiger partial charge in [-0.1, -0.05) is 29.4 Å². The third kappa shape index (κ3) is 3.56. The Morgan fingerprint density at radius 1 is 1.58 bits per heavy atom. The molecule has 1 aliphatic carbocycles. The maximum absolute atomic E-state index is 3.90. The zero-order valence-electron chi connectivity index (χ0n) is 7.97. The van der Waals surface area contributed by atoms with E-state index in [4.69, 9.17) is 0 Å². The number of hydrogen-bond acceptors (Lipinski definition) is 0. The van der Waals surface area contributed by atoms with Crippen molar-refractivity contribution in [1.29, 1.82) is 0 Å². The first-order valence-electron chi connectivity index (χ1n) is 4.78. The van der Waals surface area contributed by atoms with Crippen molar-refractivity contribution in [2.45, 2.75) is 39.0 Å². The zero-order valence-corrected chi connectivity index (χ0v) is 7.97. The molecule has 0 fully saturated rings. The summed E-state index contributed by atoms with van der Waals surface area (Å²) in [6.07, 6.45) is 12.9. The van der Waals surface area contributed by atoms with Crippen molar-refractivity contribution in [1.82, 2.24) is 0 Å². The summed E-state index contributed by atoms with van der Waals surface area (Å²) < 4.78 is 0. The molecule has 0 saturated carbocycles. The standard InChI is InChI=1S/C12H18/c1-11(2)7-6-10-12-8-4-3-5-9-12/h3-4,8H,1,5-7,9-10H2,2H3. The number of rotatable bonds is 4.